The Morgan fingerprint density at radius 1 is 1.18 bits per heavy atom. The second-order valence-corrected chi connectivity index (χ2v) is 5.16. The summed E-state index contributed by atoms with van der Waals surface area (Å²) in [6, 6.07) is 10.1. The van der Waals surface area contributed by atoms with E-state index in [0.717, 1.165) is 10.6 Å². The number of aliphatic hydroxyl groups is 1. The number of aliphatic hydroxyl groups excluding tert-OH is 1. The van der Waals surface area contributed by atoms with Crippen LogP contribution in [-0.4, -0.2) is 11.7 Å². The number of anilines is 1. The molecule has 0 radical (unpaired) electrons. The summed E-state index contributed by atoms with van der Waals surface area (Å²) < 4.78 is 0. The molecule has 0 amide bonds. The van der Waals surface area contributed by atoms with Gasteiger partial charge >= 0.3 is 0 Å². The number of para-hydroxylation sites is 1. The van der Waals surface area contributed by atoms with Crippen LogP contribution in [-0.2, 0) is 0 Å². The van der Waals surface area contributed by atoms with E-state index in [4.69, 9.17) is 0 Å². The average Bonchev–Trinajstić information content (AvgIpc) is 2.81. The Hall–Kier alpha value is -1.32. The molecule has 0 bridgehead atoms. The zero-order chi connectivity index (χ0) is 12.3. The van der Waals surface area contributed by atoms with Gasteiger partial charge in [0.1, 0.15) is 6.10 Å². The van der Waals surface area contributed by atoms with E-state index in [1.54, 1.807) is 11.3 Å². The third-order valence-corrected chi connectivity index (χ3v) is 3.80. The summed E-state index contributed by atoms with van der Waals surface area (Å²) in [5, 5.41) is 15.3. The van der Waals surface area contributed by atoms with Crippen LogP contribution in [0.15, 0.2) is 35.7 Å². The summed E-state index contributed by atoms with van der Waals surface area (Å²) in [5.41, 5.74) is 3.55. The van der Waals surface area contributed by atoms with Gasteiger partial charge < -0.3 is 10.4 Å². The highest BCUT2D eigenvalue weighted by molar-refractivity contribution is 7.10. The maximum Gasteiger partial charge on any atom is 0.105 e. The normalized spacial score (nSPS) is 12.4. The van der Waals surface area contributed by atoms with Crippen molar-refractivity contribution in [3.05, 3.63) is 51.7 Å². The van der Waals surface area contributed by atoms with Crippen LogP contribution in [0.25, 0.3) is 0 Å². The predicted octanol–water partition coefficient (Wildman–Crippen LogP) is 3.51. The third-order valence-electron chi connectivity index (χ3n) is 2.82. The third kappa shape index (κ3) is 2.87. The van der Waals surface area contributed by atoms with Crippen LogP contribution in [0.1, 0.15) is 22.1 Å². The number of benzene rings is 1. The van der Waals surface area contributed by atoms with Crippen LogP contribution in [0.4, 0.5) is 5.69 Å². The van der Waals surface area contributed by atoms with E-state index in [-0.39, 0.29) is 0 Å². The van der Waals surface area contributed by atoms with Gasteiger partial charge in [-0.3, -0.25) is 0 Å². The predicted molar refractivity (Wildman–Crippen MR) is 73.7 cm³/mol. The lowest BCUT2D eigenvalue weighted by Crippen LogP contribution is -2.12. The molecule has 0 fully saturated rings. The Bertz CT molecular complexity index is 459. The minimum atomic E-state index is -0.436. The molecule has 0 saturated carbocycles. The number of aryl methyl sites for hydroxylation is 2. The first-order chi connectivity index (χ1) is 8.18. The number of hydrogen-bond donors (Lipinski definition) is 2. The fourth-order valence-electron chi connectivity index (χ4n) is 1.87. The van der Waals surface area contributed by atoms with E-state index in [2.05, 4.69) is 31.3 Å². The zero-order valence-electron chi connectivity index (χ0n) is 10.1. The lowest BCUT2D eigenvalue weighted by molar-refractivity contribution is 0.195. The van der Waals surface area contributed by atoms with Crippen molar-refractivity contribution in [2.75, 3.05) is 11.9 Å². The van der Waals surface area contributed by atoms with Crippen molar-refractivity contribution in [3.63, 3.8) is 0 Å². The Balaban J connectivity index is 2.03. The van der Waals surface area contributed by atoms with Crippen molar-refractivity contribution in [3.8, 4) is 0 Å². The molecule has 3 heteroatoms. The molecule has 90 valence electrons. The standard InChI is InChI=1S/C14H17NOS/c1-10-5-3-6-11(2)14(10)15-9-12(16)13-7-4-8-17-13/h3-8,12,15-16H,9H2,1-2H3. The molecule has 1 heterocycles. The monoisotopic (exact) mass is 247 g/mol. The molecular formula is C14H17NOS. The molecule has 1 aromatic carbocycles. The highest BCUT2D eigenvalue weighted by Crippen LogP contribution is 2.23. The van der Waals surface area contributed by atoms with Gasteiger partial charge in [0.15, 0.2) is 0 Å². The fourth-order valence-corrected chi connectivity index (χ4v) is 2.59. The highest BCUT2D eigenvalue weighted by Gasteiger charge is 2.09. The summed E-state index contributed by atoms with van der Waals surface area (Å²) in [7, 11) is 0. The van der Waals surface area contributed by atoms with E-state index in [9.17, 15) is 5.11 Å². The molecule has 0 aliphatic carbocycles. The van der Waals surface area contributed by atoms with Gasteiger partial charge in [-0.15, -0.1) is 11.3 Å². The number of rotatable bonds is 4. The summed E-state index contributed by atoms with van der Waals surface area (Å²) in [6.07, 6.45) is -0.436. The van der Waals surface area contributed by atoms with Crippen molar-refractivity contribution in [1.29, 1.82) is 0 Å². The van der Waals surface area contributed by atoms with Crippen molar-refractivity contribution in [2.24, 2.45) is 0 Å². The van der Waals surface area contributed by atoms with Gasteiger partial charge in [-0.1, -0.05) is 24.3 Å². The lowest BCUT2D eigenvalue weighted by atomic mass is 10.1. The Labute approximate surface area is 106 Å². The summed E-state index contributed by atoms with van der Waals surface area (Å²) in [4.78, 5) is 1.00. The highest BCUT2D eigenvalue weighted by atomic mass is 32.1. The van der Waals surface area contributed by atoms with Gasteiger partial charge in [0.25, 0.3) is 0 Å². The topological polar surface area (TPSA) is 32.3 Å². The summed E-state index contributed by atoms with van der Waals surface area (Å²) in [6.45, 7) is 4.70. The van der Waals surface area contributed by atoms with E-state index in [1.165, 1.54) is 11.1 Å². The molecule has 1 atom stereocenters. The van der Waals surface area contributed by atoms with Crippen LogP contribution in [0.5, 0.6) is 0 Å². The van der Waals surface area contributed by atoms with Crippen molar-refractivity contribution in [2.45, 2.75) is 20.0 Å². The van der Waals surface area contributed by atoms with Gasteiger partial charge in [-0.2, -0.15) is 0 Å². The molecule has 2 N–H and O–H groups in total. The lowest BCUT2D eigenvalue weighted by Gasteiger charge is -2.15. The number of hydrogen-bond acceptors (Lipinski definition) is 3. The summed E-state index contributed by atoms with van der Waals surface area (Å²) in [5.74, 6) is 0. The number of thiophene rings is 1. The first-order valence-electron chi connectivity index (χ1n) is 5.70. The Morgan fingerprint density at radius 2 is 1.88 bits per heavy atom. The minimum Gasteiger partial charge on any atom is -0.386 e. The maximum atomic E-state index is 10.0. The van der Waals surface area contributed by atoms with Crippen LogP contribution in [0.2, 0.25) is 0 Å². The molecule has 0 spiro atoms. The Morgan fingerprint density at radius 3 is 2.47 bits per heavy atom. The van der Waals surface area contributed by atoms with Crippen molar-refractivity contribution < 1.29 is 5.11 Å². The van der Waals surface area contributed by atoms with Gasteiger partial charge in [-0.05, 0) is 36.4 Å². The second kappa shape index (κ2) is 5.34. The largest absolute Gasteiger partial charge is 0.386 e. The van der Waals surface area contributed by atoms with Crippen molar-refractivity contribution in [1.82, 2.24) is 0 Å². The van der Waals surface area contributed by atoms with Crippen molar-refractivity contribution >= 4 is 17.0 Å². The molecule has 2 aromatic rings. The molecule has 1 unspecified atom stereocenters. The van der Waals surface area contributed by atoms with Gasteiger partial charge in [0.2, 0.25) is 0 Å². The second-order valence-electron chi connectivity index (χ2n) is 4.18. The molecule has 0 saturated heterocycles. The van der Waals surface area contributed by atoms with Gasteiger partial charge in [0.05, 0.1) is 0 Å². The first kappa shape index (κ1) is 12.1. The smallest absolute Gasteiger partial charge is 0.105 e. The molecule has 1 aromatic heterocycles. The minimum absolute atomic E-state index is 0.436. The Kier molecular flexibility index (Phi) is 3.82. The quantitative estimate of drug-likeness (QED) is 0.866. The van der Waals surface area contributed by atoms with E-state index >= 15 is 0 Å². The first-order valence-corrected chi connectivity index (χ1v) is 6.58. The molecule has 0 aliphatic heterocycles. The van der Waals surface area contributed by atoms with E-state index in [1.807, 2.05) is 23.6 Å². The molecule has 17 heavy (non-hydrogen) atoms. The molecule has 2 rings (SSSR count). The maximum absolute atomic E-state index is 10.0. The average molecular weight is 247 g/mol. The molecular weight excluding hydrogens is 230 g/mol. The van der Waals surface area contributed by atoms with Gasteiger partial charge in [-0.25, -0.2) is 0 Å². The zero-order valence-corrected chi connectivity index (χ0v) is 10.9. The van der Waals surface area contributed by atoms with Crippen LogP contribution >= 0.6 is 11.3 Å². The van der Waals surface area contributed by atoms with E-state index in [0.29, 0.717) is 6.54 Å². The van der Waals surface area contributed by atoms with Crippen LogP contribution in [0.3, 0.4) is 0 Å². The fraction of sp³-hybridized carbons (Fsp3) is 0.286. The molecule has 0 aliphatic rings. The van der Waals surface area contributed by atoms with Gasteiger partial charge in [0, 0.05) is 17.1 Å². The summed E-state index contributed by atoms with van der Waals surface area (Å²) >= 11 is 1.58. The van der Waals surface area contributed by atoms with Crippen LogP contribution < -0.4 is 5.32 Å². The number of nitrogens with one attached hydrogen (secondary N) is 1. The van der Waals surface area contributed by atoms with Crippen LogP contribution in [0, 0.1) is 13.8 Å². The van der Waals surface area contributed by atoms with E-state index < -0.39 is 6.10 Å². The molecule has 2 nitrogen and oxygen atoms in total. The SMILES string of the molecule is Cc1cccc(C)c1NCC(O)c1cccs1.